The third-order valence-electron chi connectivity index (χ3n) is 6.01. The van der Waals surface area contributed by atoms with Gasteiger partial charge in [-0.25, -0.2) is 14.6 Å². The van der Waals surface area contributed by atoms with E-state index >= 15 is 0 Å². The number of carboxylic acid groups (broad SMARTS) is 1. The summed E-state index contributed by atoms with van der Waals surface area (Å²) in [6.45, 7) is 5.13. The SMILES string of the molecule is CC(C)(C)OC(=O)[C@]1(Cn2ccnc2)C[C@H](C(=O)O)[C@H](c2cccs2)N1C(=O)OCc1ccccc1. The number of hydrogen-bond acceptors (Lipinski definition) is 7. The Balaban J connectivity index is 1.82. The zero-order valence-corrected chi connectivity index (χ0v) is 21.2. The van der Waals surface area contributed by atoms with E-state index in [4.69, 9.17) is 9.47 Å². The molecule has 10 heteroatoms. The number of aliphatic carboxylic acids is 1. The van der Waals surface area contributed by atoms with Crippen molar-refractivity contribution >= 4 is 29.4 Å². The smallest absolute Gasteiger partial charge is 0.411 e. The van der Waals surface area contributed by atoms with E-state index < -0.39 is 41.1 Å². The fourth-order valence-electron chi connectivity index (χ4n) is 4.55. The van der Waals surface area contributed by atoms with Crippen LogP contribution < -0.4 is 0 Å². The Morgan fingerprint density at radius 1 is 1.17 bits per heavy atom. The highest BCUT2D eigenvalue weighted by Crippen LogP contribution is 2.50. The van der Waals surface area contributed by atoms with Crippen LogP contribution in [0.4, 0.5) is 4.79 Å². The summed E-state index contributed by atoms with van der Waals surface area (Å²) in [5.74, 6) is -2.85. The maximum atomic E-state index is 13.9. The molecule has 0 aliphatic carbocycles. The number of amides is 1. The molecule has 0 unspecified atom stereocenters. The molecule has 3 heterocycles. The number of esters is 1. The molecule has 1 amide bonds. The van der Waals surface area contributed by atoms with Crippen LogP contribution in [-0.2, 0) is 32.2 Å². The van der Waals surface area contributed by atoms with Gasteiger partial charge in [-0.3, -0.25) is 9.69 Å². The van der Waals surface area contributed by atoms with Crippen LogP contribution in [0.3, 0.4) is 0 Å². The molecule has 3 atom stereocenters. The molecule has 9 nitrogen and oxygen atoms in total. The summed E-state index contributed by atoms with van der Waals surface area (Å²) in [6, 6.07) is 11.8. The molecule has 0 saturated carbocycles. The van der Waals surface area contributed by atoms with Gasteiger partial charge in [-0.15, -0.1) is 11.3 Å². The monoisotopic (exact) mass is 511 g/mol. The molecular weight excluding hydrogens is 482 g/mol. The number of aromatic nitrogens is 2. The van der Waals surface area contributed by atoms with Crippen molar-refractivity contribution in [3.63, 3.8) is 0 Å². The predicted octanol–water partition coefficient (Wildman–Crippen LogP) is 4.51. The number of ether oxygens (including phenoxy) is 2. The van der Waals surface area contributed by atoms with Gasteiger partial charge in [-0.1, -0.05) is 36.4 Å². The summed E-state index contributed by atoms with van der Waals surface area (Å²) < 4.78 is 13.1. The largest absolute Gasteiger partial charge is 0.481 e. The minimum Gasteiger partial charge on any atom is -0.481 e. The Hall–Kier alpha value is -3.66. The number of carbonyl (C=O) groups is 3. The Bertz CT molecular complexity index is 1190. The van der Waals surface area contributed by atoms with Crippen molar-refractivity contribution in [2.45, 2.75) is 57.5 Å². The number of rotatable bonds is 7. The molecule has 3 aromatic rings. The lowest BCUT2D eigenvalue weighted by Crippen LogP contribution is -2.58. The van der Waals surface area contributed by atoms with Crippen molar-refractivity contribution in [3.8, 4) is 0 Å². The van der Waals surface area contributed by atoms with Crippen LogP contribution in [0.5, 0.6) is 0 Å². The predicted molar refractivity (Wildman–Crippen MR) is 132 cm³/mol. The summed E-state index contributed by atoms with van der Waals surface area (Å²) in [6.07, 6.45) is 3.81. The highest BCUT2D eigenvalue weighted by atomic mass is 32.1. The molecular formula is C26H29N3O6S. The average Bonchev–Trinajstić information content (AvgIpc) is 3.58. The Morgan fingerprint density at radius 2 is 1.92 bits per heavy atom. The molecule has 0 bridgehead atoms. The zero-order chi connectivity index (χ0) is 25.9. The van der Waals surface area contributed by atoms with Crippen molar-refractivity contribution in [3.05, 3.63) is 77.0 Å². The number of imidazole rings is 1. The first-order valence-corrected chi connectivity index (χ1v) is 12.4. The minimum absolute atomic E-state index is 0.0272. The number of thiophene rings is 1. The first-order valence-electron chi connectivity index (χ1n) is 11.6. The summed E-state index contributed by atoms with van der Waals surface area (Å²) in [5, 5.41) is 12.0. The van der Waals surface area contributed by atoms with Crippen LogP contribution in [0.25, 0.3) is 0 Å². The van der Waals surface area contributed by atoms with Crippen LogP contribution in [0.1, 0.15) is 43.7 Å². The highest BCUT2D eigenvalue weighted by Gasteiger charge is 2.63. The lowest BCUT2D eigenvalue weighted by molar-refractivity contribution is -0.169. The molecule has 0 spiro atoms. The second-order valence-electron chi connectivity index (χ2n) is 9.79. The van der Waals surface area contributed by atoms with Gasteiger partial charge in [0, 0.05) is 17.3 Å². The van der Waals surface area contributed by atoms with E-state index in [1.807, 2.05) is 35.7 Å². The molecule has 1 N–H and O–H groups in total. The summed E-state index contributed by atoms with van der Waals surface area (Å²) in [5.41, 5.74) is -1.73. The van der Waals surface area contributed by atoms with Crippen LogP contribution >= 0.6 is 11.3 Å². The lowest BCUT2D eigenvalue weighted by Gasteiger charge is -2.39. The van der Waals surface area contributed by atoms with E-state index in [1.54, 1.807) is 49.9 Å². The zero-order valence-electron chi connectivity index (χ0n) is 20.4. The van der Waals surface area contributed by atoms with Crippen LogP contribution in [0.15, 0.2) is 66.6 Å². The molecule has 190 valence electrons. The van der Waals surface area contributed by atoms with E-state index in [2.05, 4.69) is 4.98 Å². The molecule has 1 saturated heterocycles. The minimum atomic E-state index is -1.64. The normalized spacial score (nSPS) is 21.8. The molecule has 0 radical (unpaired) electrons. The summed E-state index contributed by atoms with van der Waals surface area (Å²) >= 11 is 1.33. The second kappa shape index (κ2) is 10.1. The van der Waals surface area contributed by atoms with Gasteiger partial charge in [0.15, 0.2) is 5.54 Å². The average molecular weight is 512 g/mol. The first-order chi connectivity index (χ1) is 17.1. The van der Waals surface area contributed by atoms with Gasteiger partial charge in [-0.05, 0) is 44.2 Å². The molecule has 1 aliphatic rings. The summed E-state index contributed by atoms with van der Waals surface area (Å²) in [7, 11) is 0. The molecule has 1 aliphatic heterocycles. The van der Waals surface area contributed by atoms with Crippen molar-refractivity contribution in [2.75, 3.05) is 0 Å². The highest BCUT2D eigenvalue weighted by molar-refractivity contribution is 7.10. The van der Waals surface area contributed by atoms with Gasteiger partial charge < -0.3 is 19.1 Å². The third kappa shape index (κ3) is 5.28. The third-order valence-corrected chi connectivity index (χ3v) is 6.96. The Morgan fingerprint density at radius 3 is 2.50 bits per heavy atom. The second-order valence-corrected chi connectivity index (χ2v) is 10.8. The van der Waals surface area contributed by atoms with Gasteiger partial charge in [-0.2, -0.15) is 0 Å². The first kappa shape index (κ1) is 25.4. The number of carbonyl (C=O) groups excluding carboxylic acids is 2. The molecule has 4 rings (SSSR count). The van der Waals surface area contributed by atoms with Crippen LogP contribution in [-0.4, -0.2) is 48.7 Å². The van der Waals surface area contributed by atoms with E-state index in [9.17, 15) is 19.5 Å². The van der Waals surface area contributed by atoms with Gasteiger partial charge in [0.05, 0.1) is 24.8 Å². The molecule has 2 aromatic heterocycles. The van der Waals surface area contributed by atoms with Crippen molar-refractivity contribution in [2.24, 2.45) is 5.92 Å². The maximum Gasteiger partial charge on any atom is 0.411 e. The van der Waals surface area contributed by atoms with E-state index in [-0.39, 0.29) is 19.6 Å². The standard InChI is InChI=1S/C26H29N3O6S/c1-25(2,3)35-23(32)26(16-28-12-11-27-17-28)14-19(22(30)31)21(20-10-7-13-36-20)29(26)24(33)34-15-18-8-5-4-6-9-18/h4-13,17,19,21H,14-16H2,1-3H3,(H,30,31)/t19-,21+,26+/m0/s1. The Labute approximate surface area is 213 Å². The number of hydrogen-bond donors (Lipinski definition) is 1. The maximum absolute atomic E-state index is 13.9. The fourth-order valence-corrected chi connectivity index (χ4v) is 5.43. The van der Waals surface area contributed by atoms with E-state index in [0.29, 0.717) is 4.88 Å². The fraction of sp³-hybridized carbons (Fsp3) is 0.385. The van der Waals surface area contributed by atoms with Crippen LogP contribution in [0.2, 0.25) is 0 Å². The van der Waals surface area contributed by atoms with Gasteiger partial charge in [0.2, 0.25) is 0 Å². The lowest BCUT2D eigenvalue weighted by atomic mass is 9.90. The van der Waals surface area contributed by atoms with Crippen LogP contribution in [0, 0.1) is 5.92 Å². The van der Waals surface area contributed by atoms with E-state index in [1.165, 1.54) is 22.6 Å². The quantitative estimate of drug-likeness (QED) is 0.465. The van der Waals surface area contributed by atoms with Crippen molar-refractivity contribution in [1.82, 2.24) is 14.5 Å². The molecule has 1 aromatic carbocycles. The Kier molecular flexibility index (Phi) is 7.16. The van der Waals surface area contributed by atoms with Gasteiger partial charge >= 0.3 is 18.0 Å². The van der Waals surface area contributed by atoms with Crippen molar-refractivity contribution < 1.29 is 29.0 Å². The van der Waals surface area contributed by atoms with Gasteiger partial charge in [0.25, 0.3) is 0 Å². The van der Waals surface area contributed by atoms with E-state index in [0.717, 1.165) is 5.56 Å². The molecule has 36 heavy (non-hydrogen) atoms. The number of carboxylic acids is 1. The topological polar surface area (TPSA) is 111 Å². The number of likely N-dealkylation sites (tertiary alicyclic amines) is 1. The number of nitrogens with zero attached hydrogens (tertiary/aromatic N) is 3. The summed E-state index contributed by atoms with van der Waals surface area (Å²) in [4.78, 5) is 46.2. The van der Waals surface area contributed by atoms with Crippen molar-refractivity contribution in [1.29, 1.82) is 0 Å². The van der Waals surface area contributed by atoms with Gasteiger partial charge in [0.1, 0.15) is 12.2 Å². The number of benzene rings is 1. The molecule has 1 fully saturated rings.